The Morgan fingerprint density at radius 2 is 1.74 bits per heavy atom. The number of benzene rings is 1. The smallest absolute Gasteiger partial charge is 0.449 e. The first-order valence-electron chi connectivity index (χ1n) is 5.10. The van der Waals surface area contributed by atoms with Gasteiger partial charge in [0.1, 0.15) is 0 Å². The van der Waals surface area contributed by atoms with Gasteiger partial charge in [-0.3, -0.25) is 4.79 Å². The van der Waals surface area contributed by atoms with Gasteiger partial charge in [0.05, 0.1) is 25.1 Å². The fourth-order valence-electron chi connectivity index (χ4n) is 1.60. The lowest BCUT2D eigenvalue weighted by Gasteiger charge is -2.10. The van der Waals surface area contributed by atoms with Crippen LogP contribution in [0.3, 0.4) is 0 Å². The summed E-state index contributed by atoms with van der Waals surface area (Å²) in [6, 6.07) is 2.50. The molecule has 1 aromatic carbocycles. The first-order chi connectivity index (χ1) is 8.86. The Balaban J connectivity index is 2.78. The Morgan fingerprint density at radius 1 is 1.16 bits per heavy atom. The number of aromatic nitrogens is 2. The Morgan fingerprint density at radius 3 is 2.26 bits per heavy atom. The maximum atomic E-state index is 12.5. The Labute approximate surface area is 105 Å². The van der Waals surface area contributed by atoms with Crippen LogP contribution >= 0.6 is 0 Å². The summed E-state index contributed by atoms with van der Waals surface area (Å²) in [4.78, 5) is 16.7. The van der Waals surface area contributed by atoms with E-state index in [-0.39, 0.29) is 22.4 Å². The zero-order valence-electron chi connectivity index (χ0n) is 9.96. The molecule has 0 unspecified atom stereocenters. The summed E-state index contributed by atoms with van der Waals surface area (Å²) in [6.07, 6.45) is -4.72. The van der Waals surface area contributed by atoms with Crippen molar-refractivity contribution in [1.29, 1.82) is 0 Å². The van der Waals surface area contributed by atoms with E-state index in [0.717, 1.165) is 0 Å². The number of ether oxygens (including phenoxy) is 2. The monoisotopic (exact) mass is 274 g/mol. The van der Waals surface area contributed by atoms with Gasteiger partial charge in [0.25, 0.3) is 5.56 Å². The molecule has 0 spiro atoms. The molecule has 0 aliphatic heterocycles. The van der Waals surface area contributed by atoms with E-state index in [4.69, 9.17) is 9.47 Å². The van der Waals surface area contributed by atoms with Crippen molar-refractivity contribution in [2.24, 2.45) is 0 Å². The predicted molar refractivity (Wildman–Crippen MR) is 60.5 cm³/mol. The Hall–Kier alpha value is -2.25. The minimum atomic E-state index is -4.72. The molecule has 0 amide bonds. The SMILES string of the molecule is COc1cc2nc(C(F)(F)F)[nH]c(=O)c2cc1OC. The van der Waals surface area contributed by atoms with Gasteiger partial charge in [-0.15, -0.1) is 0 Å². The summed E-state index contributed by atoms with van der Waals surface area (Å²) >= 11 is 0. The van der Waals surface area contributed by atoms with Crippen molar-refractivity contribution in [1.82, 2.24) is 9.97 Å². The molecule has 0 fully saturated rings. The molecule has 8 heteroatoms. The number of nitrogens with one attached hydrogen (secondary N) is 1. The van der Waals surface area contributed by atoms with Gasteiger partial charge in [-0.1, -0.05) is 0 Å². The molecular formula is C11H9F3N2O3. The average Bonchev–Trinajstić information content (AvgIpc) is 2.36. The summed E-state index contributed by atoms with van der Waals surface area (Å²) in [7, 11) is 2.69. The fraction of sp³-hybridized carbons (Fsp3) is 0.273. The van der Waals surface area contributed by atoms with Crippen molar-refractivity contribution in [3.63, 3.8) is 0 Å². The van der Waals surface area contributed by atoms with Gasteiger partial charge in [-0.25, -0.2) is 4.98 Å². The normalized spacial score (nSPS) is 11.6. The molecular weight excluding hydrogens is 265 g/mol. The molecule has 0 aliphatic rings. The lowest BCUT2D eigenvalue weighted by Crippen LogP contribution is -2.19. The molecule has 102 valence electrons. The molecule has 1 heterocycles. The van der Waals surface area contributed by atoms with E-state index in [9.17, 15) is 18.0 Å². The van der Waals surface area contributed by atoms with Gasteiger partial charge in [0.15, 0.2) is 11.5 Å². The van der Waals surface area contributed by atoms with Crippen LogP contribution in [0.1, 0.15) is 5.82 Å². The maximum absolute atomic E-state index is 12.5. The van der Waals surface area contributed by atoms with E-state index in [1.165, 1.54) is 26.4 Å². The van der Waals surface area contributed by atoms with Gasteiger partial charge in [0.2, 0.25) is 5.82 Å². The van der Waals surface area contributed by atoms with Gasteiger partial charge in [0, 0.05) is 6.07 Å². The van der Waals surface area contributed by atoms with Crippen LogP contribution in [0.5, 0.6) is 11.5 Å². The van der Waals surface area contributed by atoms with E-state index in [2.05, 4.69) is 4.98 Å². The van der Waals surface area contributed by atoms with Crippen LogP contribution < -0.4 is 15.0 Å². The number of hydrogen-bond donors (Lipinski definition) is 1. The number of nitrogens with zero attached hydrogens (tertiary/aromatic N) is 1. The van der Waals surface area contributed by atoms with E-state index < -0.39 is 17.6 Å². The average molecular weight is 274 g/mol. The lowest BCUT2D eigenvalue weighted by atomic mass is 10.2. The second-order valence-electron chi connectivity index (χ2n) is 3.64. The van der Waals surface area contributed by atoms with Crippen LogP contribution in [0.15, 0.2) is 16.9 Å². The quantitative estimate of drug-likeness (QED) is 0.909. The summed E-state index contributed by atoms with van der Waals surface area (Å²) < 4.78 is 47.5. The van der Waals surface area contributed by atoms with E-state index in [0.29, 0.717) is 0 Å². The van der Waals surface area contributed by atoms with Crippen molar-refractivity contribution in [2.45, 2.75) is 6.18 Å². The Kier molecular flexibility index (Phi) is 3.09. The van der Waals surface area contributed by atoms with Crippen molar-refractivity contribution < 1.29 is 22.6 Å². The molecule has 2 rings (SSSR count). The third kappa shape index (κ3) is 2.33. The van der Waals surface area contributed by atoms with E-state index >= 15 is 0 Å². The van der Waals surface area contributed by atoms with E-state index in [1.807, 2.05) is 0 Å². The summed E-state index contributed by atoms with van der Waals surface area (Å²) in [5.41, 5.74) is -1.01. The highest BCUT2D eigenvalue weighted by Gasteiger charge is 2.34. The highest BCUT2D eigenvalue weighted by atomic mass is 19.4. The summed E-state index contributed by atoms with van der Waals surface area (Å²) in [6.45, 7) is 0. The summed E-state index contributed by atoms with van der Waals surface area (Å²) in [5.74, 6) is -0.916. The molecule has 5 nitrogen and oxygen atoms in total. The van der Waals surface area contributed by atoms with Gasteiger partial charge < -0.3 is 14.5 Å². The zero-order valence-corrected chi connectivity index (χ0v) is 9.96. The predicted octanol–water partition coefficient (Wildman–Crippen LogP) is 1.96. The molecule has 0 bridgehead atoms. The van der Waals surface area contributed by atoms with Gasteiger partial charge in [-0.05, 0) is 6.07 Å². The number of fused-ring (bicyclic) bond motifs is 1. The second-order valence-corrected chi connectivity index (χ2v) is 3.64. The van der Waals surface area contributed by atoms with Crippen LogP contribution in [0.4, 0.5) is 13.2 Å². The number of methoxy groups -OCH3 is 2. The molecule has 1 aromatic heterocycles. The molecule has 1 N–H and O–H groups in total. The molecule has 0 saturated heterocycles. The van der Waals surface area contributed by atoms with Crippen molar-refractivity contribution >= 4 is 10.9 Å². The topological polar surface area (TPSA) is 64.2 Å². The fourth-order valence-corrected chi connectivity index (χ4v) is 1.60. The standard InChI is InChI=1S/C11H9F3N2O3/c1-18-7-3-5-6(4-8(7)19-2)15-10(11(12,13)14)16-9(5)17/h3-4H,1-2H3,(H,15,16,17). The maximum Gasteiger partial charge on any atom is 0.449 e. The number of rotatable bonds is 2. The molecule has 0 saturated carbocycles. The van der Waals surface area contributed by atoms with Crippen LogP contribution in [-0.2, 0) is 6.18 Å². The minimum Gasteiger partial charge on any atom is -0.493 e. The van der Waals surface area contributed by atoms with Crippen LogP contribution in [0, 0.1) is 0 Å². The third-order valence-electron chi connectivity index (χ3n) is 2.48. The van der Waals surface area contributed by atoms with Crippen molar-refractivity contribution in [2.75, 3.05) is 14.2 Å². The summed E-state index contributed by atoms with van der Waals surface area (Å²) in [5, 5.41) is -0.00866. The molecule has 0 atom stereocenters. The first-order valence-corrected chi connectivity index (χ1v) is 5.10. The Bertz CT molecular complexity index is 679. The van der Waals surface area contributed by atoms with Crippen LogP contribution in [0.2, 0.25) is 0 Å². The van der Waals surface area contributed by atoms with Gasteiger partial charge >= 0.3 is 6.18 Å². The number of H-pyrrole nitrogens is 1. The number of aromatic amines is 1. The van der Waals surface area contributed by atoms with Crippen LogP contribution in [-0.4, -0.2) is 24.2 Å². The van der Waals surface area contributed by atoms with Crippen molar-refractivity contribution in [3.05, 3.63) is 28.3 Å². The highest BCUT2D eigenvalue weighted by molar-refractivity contribution is 5.81. The molecule has 2 aromatic rings. The molecule has 0 aliphatic carbocycles. The molecule has 0 radical (unpaired) electrons. The number of alkyl halides is 3. The first kappa shape index (κ1) is 13.2. The van der Waals surface area contributed by atoms with Crippen LogP contribution in [0.25, 0.3) is 10.9 Å². The minimum absolute atomic E-state index is 0.00866. The lowest BCUT2D eigenvalue weighted by molar-refractivity contribution is -0.144. The van der Waals surface area contributed by atoms with E-state index in [1.54, 1.807) is 4.98 Å². The van der Waals surface area contributed by atoms with Crippen molar-refractivity contribution in [3.8, 4) is 11.5 Å². The highest BCUT2D eigenvalue weighted by Crippen LogP contribution is 2.31. The largest absolute Gasteiger partial charge is 0.493 e. The third-order valence-corrected chi connectivity index (χ3v) is 2.48. The number of halogens is 3. The molecule has 19 heavy (non-hydrogen) atoms. The number of hydrogen-bond acceptors (Lipinski definition) is 4. The van der Waals surface area contributed by atoms with Gasteiger partial charge in [-0.2, -0.15) is 13.2 Å². The second kappa shape index (κ2) is 4.45. The zero-order chi connectivity index (χ0) is 14.2.